The lowest BCUT2D eigenvalue weighted by Crippen LogP contribution is -2.45. The third-order valence-corrected chi connectivity index (χ3v) is 3.82. The lowest BCUT2D eigenvalue weighted by molar-refractivity contribution is 0.0799. The minimum Gasteiger partial charge on any atom is -0.381 e. The van der Waals surface area contributed by atoms with Gasteiger partial charge in [-0.1, -0.05) is 5.16 Å². The van der Waals surface area contributed by atoms with Gasteiger partial charge in [0, 0.05) is 24.8 Å². The van der Waals surface area contributed by atoms with Crippen molar-refractivity contribution in [2.75, 3.05) is 13.2 Å². The summed E-state index contributed by atoms with van der Waals surface area (Å²) in [5.74, 6) is 0.308. The van der Waals surface area contributed by atoms with Gasteiger partial charge in [-0.05, 0) is 44.0 Å². The summed E-state index contributed by atoms with van der Waals surface area (Å²) in [4.78, 5) is 16.3. The number of urea groups is 1. The van der Waals surface area contributed by atoms with E-state index < -0.39 is 6.04 Å². The number of benzene rings is 1. The van der Waals surface area contributed by atoms with Gasteiger partial charge in [-0.15, -0.1) is 0 Å². The number of carbonyl (C=O) groups excluding carboxylic acids is 1. The number of nitrogens with one attached hydrogen (secondary N) is 2. The van der Waals surface area contributed by atoms with Gasteiger partial charge in [-0.25, -0.2) is 9.18 Å². The number of halogens is 1. The molecule has 0 radical (unpaired) electrons. The van der Waals surface area contributed by atoms with Gasteiger partial charge in [0.25, 0.3) is 0 Å². The minimum atomic E-state index is -0.438. The Balaban J connectivity index is 1.57. The molecule has 1 aromatic heterocycles. The van der Waals surface area contributed by atoms with Crippen molar-refractivity contribution < 1.29 is 18.4 Å². The van der Waals surface area contributed by atoms with E-state index in [9.17, 15) is 9.18 Å². The first kappa shape index (κ1) is 16.4. The summed E-state index contributed by atoms with van der Waals surface area (Å²) < 4.78 is 23.4. The highest BCUT2D eigenvalue weighted by Gasteiger charge is 2.20. The van der Waals surface area contributed by atoms with E-state index in [0.29, 0.717) is 24.6 Å². The first-order valence-electron chi connectivity index (χ1n) is 7.86. The molecule has 1 atom stereocenters. The van der Waals surface area contributed by atoms with Crippen LogP contribution >= 0.6 is 0 Å². The molecule has 128 valence electrons. The molecule has 3 rings (SSSR count). The highest BCUT2D eigenvalue weighted by atomic mass is 19.1. The standard InChI is InChI=1S/C16H19FN4O3/c1-10(18-16(22)19-13-6-8-23-9-7-13)15-20-14(21-24-15)11-2-4-12(17)5-3-11/h2-5,10,13H,6-9H2,1H3,(H2,18,19,22)/t10-/m1/s1. The van der Waals surface area contributed by atoms with Gasteiger partial charge in [0.05, 0.1) is 0 Å². The van der Waals surface area contributed by atoms with Crippen LogP contribution < -0.4 is 10.6 Å². The fourth-order valence-corrected chi connectivity index (χ4v) is 2.45. The molecule has 0 saturated carbocycles. The van der Waals surface area contributed by atoms with Crippen LogP contribution in [0.5, 0.6) is 0 Å². The van der Waals surface area contributed by atoms with Crippen LogP contribution in [-0.4, -0.2) is 35.4 Å². The summed E-state index contributed by atoms with van der Waals surface area (Å²) >= 11 is 0. The fourth-order valence-electron chi connectivity index (χ4n) is 2.45. The van der Waals surface area contributed by atoms with Crippen LogP contribution in [0, 0.1) is 5.82 Å². The Morgan fingerprint density at radius 1 is 1.29 bits per heavy atom. The largest absolute Gasteiger partial charge is 0.381 e. The van der Waals surface area contributed by atoms with Gasteiger partial charge in [0.2, 0.25) is 11.7 Å². The van der Waals surface area contributed by atoms with Crippen molar-refractivity contribution >= 4 is 6.03 Å². The lowest BCUT2D eigenvalue weighted by Gasteiger charge is -2.23. The van der Waals surface area contributed by atoms with E-state index in [0.717, 1.165) is 12.8 Å². The number of aromatic nitrogens is 2. The maximum atomic E-state index is 12.9. The molecule has 1 saturated heterocycles. The SMILES string of the molecule is C[C@@H](NC(=O)NC1CCOCC1)c1nc(-c2ccc(F)cc2)no1. The highest BCUT2D eigenvalue weighted by Crippen LogP contribution is 2.19. The summed E-state index contributed by atoms with van der Waals surface area (Å²) in [5.41, 5.74) is 0.644. The van der Waals surface area contributed by atoms with E-state index in [2.05, 4.69) is 20.8 Å². The Bertz CT molecular complexity index is 683. The van der Waals surface area contributed by atoms with E-state index >= 15 is 0 Å². The van der Waals surface area contributed by atoms with Crippen LogP contribution in [0.25, 0.3) is 11.4 Å². The topological polar surface area (TPSA) is 89.3 Å². The number of amides is 2. The zero-order chi connectivity index (χ0) is 16.9. The Morgan fingerprint density at radius 2 is 2.00 bits per heavy atom. The van der Waals surface area contributed by atoms with Crippen LogP contribution in [0.3, 0.4) is 0 Å². The monoisotopic (exact) mass is 334 g/mol. The van der Waals surface area contributed by atoms with Crippen molar-refractivity contribution in [3.63, 3.8) is 0 Å². The lowest BCUT2D eigenvalue weighted by atomic mass is 10.1. The zero-order valence-corrected chi connectivity index (χ0v) is 13.3. The predicted octanol–water partition coefficient (Wildman–Crippen LogP) is 2.41. The maximum Gasteiger partial charge on any atom is 0.315 e. The molecule has 0 aliphatic carbocycles. The summed E-state index contributed by atoms with van der Waals surface area (Å²) in [6.07, 6.45) is 1.61. The maximum absolute atomic E-state index is 12.9. The molecule has 2 N–H and O–H groups in total. The molecule has 1 fully saturated rings. The van der Waals surface area contributed by atoms with E-state index in [-0.39, 0.29) is 23.8 Å². The molecule has 1 aliphatic rings. The Hall–Kier alpha value is -2.48. The average molecular weight is 334 g/mol. The molecule has 2 amide bonds. The molecule has 0 bridgehead atoms. The molecule has 2 heterocycles. The number of rotatable bonds is 4. The van der Waals surface area contributed by atoms with E-state index in [1.807, 2.05) is 0 Å². The van der Waals surface area contributed by atoms with E-state index in [4.69, 9.17) is 9.26 Å². The second kappa shape index (κ2) is 7.39. The second-order valence-corrected chi connectivity index (χ2v) is 5.69. The van der Waals surface area contributed by atoms with Crippen molar-refractivity contribution in [2.45, 2.75) is 31.8 Å². The van der Waals surface area contributed by atoms with Gasteiger partial charge < -0.3 is 19.9 Å². The predicted molar refractivity (Wildman–Crippen MR) is 83.6 cm³/mol. The van der Waals surface area contributed by atoms with E-state index in [1.165, 1.54) is 12.1 Å². The van der Waals surface area contributed by atoms with E-state index in [1.54, 1.807) is 19.1 Å². The van der Waals surface area contributed by atoms with Gasteiger partial charge in [-0.3, -0.25) is 0 Å². The third-order valence-electron chi connectivity index (χ3n) is 3.82. The Morgan fingerprint density at radius 3 is 2.71 bits per heavy atom. The van der Waals surface area contributed by atoms with Crippen LogP contribution in [-0.2, 0) is 4.74 Å². The molecule has 0 spiro atoms. The van der Waals surface area contributed by atoms with Crippen molar-refractivity contribution in [1.29, 1.82) is 0 Å². The molecular weight excluding hydrogens is 315 g/mol. The fraction of sp³-hybridized carbons (Fsp3) is 0.438. The zero-order valence-electron chi connectivity index (χ0n) is 13.3. The molecule has 24 heavy (non-hydrogen) atoms. The summed E-state index contributed by atoms with van der Waals surface area (Å²) in [6, 6.07) is 5.19. The molecule has 1 aliphatic heterocycles. The van der Waals surface area contributed by atoms with Crippen molar-refractivity contribution in [3.05, 3.63) is 36.0 Å². The quantitative estimate of drug-likeness (QED) is 0.896. The van der Waals surface area contributed by atoms with Gasteiger partial charge in [0.1, 0.15) is 11.9 Å². The summed E-state index contributed by atoms with van der Waals surface area (Å²) in [7, 11) is 0. The van der Waals surface area contributed by atoms with Gasteiger partial charge >= 0.3 is 6.03 Å². The number of hydrogen-bond acceptors (Lipinski definition) is 5. The number of nitrogens with zero attached hydrogens (tertiary/aromatic N) is 2. The molecule has 0 unspecified atom stereocenters. The Kier molecular flexibility index (Phi) is 5.05. The molecule has 1 aromatic carbocycles. The highest BCUT2D eigenvalue weighted by molar-refractivity contribution is 5.74. The number of carbonyl (C=O) groups is 1. The first-order valence-corrected chi connectivity index (χ1v) is 7.86. The molecular formula is C16H19FN4O3. The van der Waals surface area contributed by atoms with Crippen molar-refractivity contribution in [1.82, 2.24) is 20.8 Å². The average Bonchev–Trinajstić information content (AvgIpc) is 3.06. The summed E-state index contributed by atoms with van der Waals surface area (Å²) in [6.45, 7) is 3.07. The van der Waals surface area contributed by atoms with Crippen LogP contribution in [0.1, 0.15) is 31.7 Å². The van der Waals surface area contributed by atoms with Crippen molar-refractivity contribution in [3.8, 4) is 11.4 Å². The second-order valence-electron chi connectivity index (χ2n) is 5.69. The number of ether oxygens (including phenoxy) is 1. The van der Waals surface area contributed by atoms with Crippen molar-refractivity contribution in [2.24, 2.45) is 0 Å². The first-order chi connectivity index (χ1) is 11.6. The van der Waals surface area contributed by atoms with Crippen LogP contribution in [0.4, 0.5) is 9.18 Å². The third kappa shape index (κ3) is 4.08. The van der Waals surface area contributed by atoms with Crippen LogP contribution in [0.15, 0.2) is 28.8 Å². The Labute approximate surface area is 138 Å². The number of hydrogen-bond donors (Lipinski definition) is 2. The van der Waals surface area contributed by atoms with Crippen LogP contribution in [0.2, 0.25) is 0 Å². The molecule has 7 nitrogen and oxygen atoms in total. The molecule has 2 aromatic rings. The normalized spacial score (nSPS) is 16.6. The molecule has 8 heteroatoms. The van der Waals surface area contributed by atoms with Gasteiger partial charge in [-0.2, -0.15) is 4.98 Å². The van der Waals surface area contributed by atoms with Gasteiger partial charge in [0.15, 0.2) is 0 Å². The minimum absolute atomic E-state index is 0.114. The smallest absolute Gasteiger partial charge is 0.315 e. The summed E-state index contributed by atoms with van der Waals surface area (Å²) in [5, 5.41) is 9.54.